The molecule has 0 heterocycles. The summed E-state index contributed by atoms with van der Waals surface area (Å²) < 4.78 is 1.33. The van der Waals surface area contributed by atoms with Crippen LogP contribution in [0, 0.1) is 0 Å². The molecule has 0 aliphatic heterocycles. The van der Waals surface area contributed by atoms with Crippen molar-refractivity contribution < 1.29 is 31.6 Å². The third kappa shape index (κ3) is 2.97. The van der Waals surface area contributed by atoms with Crippen molar-refractivity contribution in [1.82, 2.24) is 0 Å². The number of hydrogen-bond acceptors (Lipinski definition) is 0. The zero-order chi connectivity index (χ0) is 5.82. The van der Waals surface area contributed by atoms with E-state index in [4.69, 9.17) is 0 Å². The third-order valence-corrected chi connectivity index (χ3v) is 3.38. The Morgan fingerprint density at radius 1 is 1.11 bits per heavy atom. The molecule has 1 aromatic rings. The van der Waals surface area contributed by atoms with Crippen molar-refractivity contribution >= 4 is 0 Å². The summed E-state index contributed by atoms with van der Waals surface area (Å²) in [5, 5.41) is 0. The van der Waals surface area contributed by atoms with E-state index in [9.17, 15) is 0 Å². The molecule has 0 unspecified atom stereocenters. The Kier molecular flexibility index (Phi) is 5.01. The van der Waals surface area contributed by atoms with Gasteiger partial charge in [0.1, 0.15) is 0 Å². The number of hydrogen-bond donors (Lipinski definition) is 0. The first-order valence-corrected chi connectivity index (χ1v) is 6.65. The first-order chi connectivity index (χ1) is 3.93. The van der Waals surface area contributed by atoms with E-state index in [-0.39, 0.29) is 5.48 Å². The van der Waals surface area contributed by atoms with Crippen LogP contribution in [0.1, 0.15) is 5.56 Å². The summed E-state index contributed by atoms with van der Waals surface area (Å²) in [6, 6.07) is 10.6. The molecule has 1 rings (SSSR count). The summed E-state index contributed by atoms with van der Waals surface area (Å²) in [5.74, 6) is 0. The van der Waals surface area contributed by atoms with Crippen molar-refractivity contribution in [2.24, 2.45) is 0 Å². The molecule has 0 saturated carbocycles. The van der Waals surface area contributed by atoms with Gasteiger partial charge in [0.15, 0.2) is 0 Å². The third-order valence-electron chi connectivity index (χ3n) is 1.13. The molecule has 0 spiro atoms. The predicted octanol–water partition coefficient (Wildman–Crippen LogP) is 0.909. The van der Waals surface area contributed by atoms with Gasteiger partial charge in [0.05, 0.1) is 0 Å². The molecule has 0 saturated heterocycles. The maximum absolute atomic E-state index is 2.19. The van der Waals surface area contributed by atoms with Gasteiger partial charge >= 0.3 is 65.9 Å². The molecule has 45 valence electrons. The second-order valence-corrected chi connectivity index (χ2v) is 3.68. The van der Waals surface area contributed by atoms with Gasteiger partial charge in [-0.15, -0.1) is 0 Å². The second-order valence-electron chi connectivity index (χ2n) is 1.74. The Morgan fingerprint density at radius 2 is 1.67 bits per heavy atom. The van der Waals surface area contributed by atoms with Gasteiger partial charge in [0, 0.05) is 0 Å². The standard InChI is InChI=1S/C7H7.Hg.H2O/c1-7-5-3-2-4-6-7;;/h2-6H,1H2;;1H2. The fourth-order valence-corrected chi connectivity index (χ4v) is 1.94. The van der Waals surface area contributed by atoms with Crippen LogP contribution in [0.4, 0.5) is 0 Å². The van der Waals surface area contributed by atoms with Gasteiger partial charge in [-0.05, 0) is 0 Å². The molecule has 0 aromatic heterocycles. The molecule has 0 aliphatic rings. The van der Waals surface area contributed by atoms with E-state index in [2.05, 4.69) is 30.3 Å². The number of benzene rings is 1. The first kappa shape index (κ1) is 9.12. The van der Waals surface area contributed by atoms with E-state index in [0.717, 1.165) is 26.1 Å². The van der Waals surface area contributed by atoms with Crippen LogP contribution >= 0.6 is 0 Å². The van der Waals surface area contributed by atoms with E-state index in [1.54, 1.807) is 0 Å². The van der Waals surface area contributed by atoms with Crippen LogP contribution in [0.3, 0.4) is 0 Å². The van der Waals surface area contributed by atoms with Crippen LogP contribution in [0.5, 0.6) is 0 Å². The number of rotatable bonds is 1. The molecule has 0 bridgehead atoms. The summed E-state index contributed by atoms with van der Waals surface area (Å²) >= 11 is 0.922. The summed E-state index contributed by atoms with van der Waals surface area (Å²) in [5.41, 5.74) is 1.50. The van der Waals surface area contributed by atoms with E-state index in [1.165, 1.54) is 9.49 Å². The molecule has 1 nitrogen and oxygen atoms in total. The summed E-state index contributed by atoms with van der Waals surface area (Å²) in [4.78, 5) is 0. The van der Waals surface area contributed by atoms with Crippen molar-refractivity contribution in [2.75, 3.05) is 0 Å². The fraction of sp³-hybridized carbons (Fsp3) is 0.143. The summed E-state index contributed by atoms with van der Waals surface area (Å²) in [6.07, 6.45) is 0. The molecule has 2 N–H and O–H groups in total. The van der Waals surface area contributed by atoms with Crippen LogP contribution in [-0.4, -0.2) is 5.48 Å². The molecule has 0 aliphatic carbocycles. The molecule has 1 aromatic carbocycles. The molecular formula is C7H9HgO. The van der Waals surface area contributed by atoms with E-state index < -0.39 is 0 Å². The quantitative estimate of drug-likeness (QED) is 0.691. The van der Waals surface area contributed by atoms with Gasteiger partial charge in [0.2, 0.25) is 0 Å². The van der Waals surface area contributed by atoms with Crippen molar-refractivity contribution in [3.8, 4) is 0 Å². The molecule has 0 atom stereocenters. The topological polar surface area (TPSA) is 31.5 Å². The van der Waals surface area contributed by atoms with Gasteiger partial charge in [-0.2, -0.15) is 0 Å². The second kappa shape index (κ2) is 4.94. The normalized spacial score (nSPS) is 8.22. The van der Waals surface area contributed by atoms with Crippen LogP contribution in [-0.2, 0) is 30.1 Å². The average Bonchev–Trinajstić information content (AvgIpc) is 1.90. The minimum absolute atomic E-state index is 0. The first-order valence-electron chi connectivity index (χ1n) is 2.76. The Labute approximate surface area is 71.4 Å². The summed E-state index contributed by atoms with van der Waals surface area (Å²) in [6.45, 7) is 0. The Balaban J connectivity index is 0.000000640. The van der Waals surface area contributed by atoms with Crippen molar-refractivity contribution in [3.63, 3.8) is 0 Å². The Hall–Kier alpha value is 0.115. The predicted molar refractivity (Wildman–Crippen MR) is 33.8 cm³/mol. The molecule has 0 fully saturated rings. The fourth-order valence-electron chi connectivity index (χ4n) is 0.645. The Morgan fingerprint density at radius 3 is 2.00 bits per heavy atom. The molecule has 9 heavy (non-hydrogen) atoms. The van der Waals surface area contributed by atoms with Crippen LogP contribution in [0.2, 0.25) is 0 Å². The van der Waals surface area contributed by atoms with E-state index in [1.807, 2.05) is 0 Å². The van der Waals surface area contributed by atoms with Crippen molar-refractivity contribution in [1.29, 1.82) is 0 Å². The monoisotopic (exact) mass is 311 g/mol. The average molecular weight is 310 g/mol. The Bertz CT molecular complexity index is 150. The minimum atomic E-state index is 0. The van der Waals surface area contributed by atoms with Crippen molar-refractivity contribution in [3.05, 3.63) is 35.9 Å². The molecule has 0 amide bonds. The van der Waals surface area contributed by atoms with Gasteiger partial charge in [0.25, 0.3) is 0 Å². The van der Waals surface area contributed by atoms with Gasteiger partial charge in [-0.1, -0.05) is 0 Å². The van der Waals surface area contributed by atoms with Gasteiger partial charge < -0.3 is 5.48 Å². The molecule has 0 radical (unpaired) electrons. The van der Waals surface area contributed by atoms with Crippen LogP contribution < -0.4 is 0 Å². The summed E-state index contributed by atoms with van der Waals surface area (Å²) in [7, 11) is 0. The molecular weight excluding hydrogens is 301 g/mol. The molecule has 2 heteroatoms. The van der Waals surface area contributed by atoms with E-state index in [0.29, 0.717) is 0 Å². The van der Waals surface area contributed by atoms with Crippen molar-refractivity contribution in [2.45, 2.75) is 3.93 Å². The SMILES string of the molecule is O.[Hg][CH2]c1ccccc1. The van der Waals surface area contributed by atoms with E-state index >= 15 is 0 Å². The maximum atomic E-state index is 2.19. The van der Waals surface area contributed by atoms with Gasteiger partial charge in [-0.25, -0.2) is 0 Å². The van der Waals surface area contributed by atoms with Crippen LogP contribution in [0.15, 0.2) is 30.3 Å². The van der Waals surface area contributed by atoms with Crippen LogP contribution in [0.25, 0.3) is 0 Å². The zero-order valence-electron chi connectivity index (χ0n) is 5.30. The van der Waals surface area contributed by atoms with Gasteiger partial charge in [-0.3, -0.25) is 0 Å². The zero-order valence-corrected chi connectivity index (χ0v) is 10.8.